The standard InChI is InChI=1S/C17H11F7N6O3/c1-6-16(30(32)33)15(17(23)24)27-29(6)5-9(31)25-8-2-3-28(26-8)4-7-10(18)12(20)14(22)13(21)11(7)19/h2-3,17H,4-5H2,1H3,(H,25,26,31). The number of benzene rings is 1. The normalized spacial score (nSPS) is 11.3. The number of nitrogens with one attached hydrogen (secondary N) is 1. The van der Waals surface area contributed by atoms with Gasteiger partial charge in [-0.3, -0.25) is 24.3 Å². The van der Waals surface area contributed by atoms with E-state index in [1.807, 2.05) is 0 Å². The first kappa shape index (κ1) is 23.7. The van der Waals surface area contributed by atoms with Crippen LogP contribution in [0.2, 0.25) is 0 Å². The maximum Gasteiger partial charge on any atom is 0.319 e. The molecule has 2 heterocycles. The van der Waals surface area contributed by atoms with E-state index >= 15 is 0 Å². The van der Waals surface area contributed by atoms with Gasteiger partial charge in [0.25, 0.3) is 6.43 Å². The molecule has 0 radical (unpaired) electrons. The molecule has 0 saturated carbocycles. The van der Waals surface area contributed by atoms with Crippen molar-refractivity contribution in [2.24, 2.45) is 0 Å². The summed E-state index contributed by atoms with van der Waals surface area (Å²) in [4.78, 5) is 22.1. The molecule has 16 heteroatoms. The number of carbonyl (C=O) groups is 1. The number of hydrogen-bond acceptors (Lipinski definition) is 5. The summed E-state index contributed by atoms with van der Waals surface area (Å²) >= 11 is 0. The zero-order valence-corrected chi connectivity index (χ0v) is 16.3. The van der Waals surface area contributed by atoms with E-state index in [1.54, 1.807) is 0 Å². The molecule has 3 aromatic rings. The van der Waals surface area contributed by atoms with Crippen LogP contribution in [0.3, 0.4) is 0 Å². The lowest BCUT2D eigenvalue weighted by molar-refractivity contribution is -0.386. The SMILES string of the molecule is Cc1c([N+](=O)[O-])c(C(F)F)nn1CC(=O)Nc1ccn(Cc2c(F)c(F)c(F)c(F)c2F)n1. The fourth-order valence-electron chi connectivity index (χ4n) is 2.87. The lowest BCUT2D eigenvalue weighted by Crippen LogP contribution is -2.21. The Kier molecular flexibility index (Phi) is 6.37. The van der Waals surface area contributed by atoms with Gasteiger partial charge >= 0.3 is 5.69 Å². The van der Waals surface area contributed by atoms with Crippen molar-refractivity contribution in [1.82, 2.24) is 19.6 Å². The van der Waals surface area contributed by atoms with Gasteiger partial charge in [-0.05, 0) is 6.92 Å². The minimum absolute atomic E-state index is 0.225. The van der Waals surface area contributed by atoms with Gasteiger partial charge in [-0.25, -0.2) is 30.7 Å². The molecule has 0 unspecified atom stereocenters. The first-order valence-electron chi connectivity index (χ1n) is 8.75. The number of nitro groups is 1. The van der Waals surface area contributed by atoms with E-state index in [-0.39, 0.29) is 11.5 Å². The van der Waals surface area contributed by atoms with Crippen LogP contribution in [0.5, 0.6) is 0 Å². The zero-order chi connectivity index (χ0) is 24.6. The number of halogens is 7. The summed E-state index contributed by atoms with van der Waals surface area (Å²) in [6.45, 7) is -0.475. The number of aromatic nitrogens is 4. The molecule has 0 spiro atoms. The molecule has 0 aliphatic rings. The zero-order valence-electron chi connectivity index (χ0n) is 16.3. The van der Waals surface area contributed by atoms with Crippen molar-refractivity contribution in [3.05, 3.63) is 68.4 Å². The maximum atomic E-state index is 13.8. The predicted octanol–water partition coefficient (Wildman–Crippen LogP) is 3.62. The molecule has 0 saturated heterocycles. The summed E-state index contributed by atoms with van der Waals surface area (Å²) in [6, 6.07) is 1.12. The second kappa shape index (κ2) is 8.87. The van der Waals surface area contributed by atoms with E-state index in [9.17, 15) is 45.6 Å². The molecule has 0 bridgehead atoms. The minimum atomic E-state index is -3.26. The highest BCUT2D eigenvalue weighted by molar-refractivity contribution is 5.89. The topological polar surface area (TPSA) is 108 Å². The van der Waals surface area contributed by atoms with Crippen molar-refractivity contribution >= 4 is 17.4 Å². The second-order valence-electron chi connectivity index (χ2n) is 6.53. The number of amides is 1. The molecule has 0 atom stereocenters. The van der Waals surface area contributed by atoms with Gasteiger partial charge in [-0.15, -0.1) is 0 Å². The average Bonchev–Trinajstić information content (AvgIpc) is 3.32. The minimum Gasteiger partial charge on any atom is -0.308 e. The Bertz CT molecular complexity index is 1230. The van der Waals surface area contributed by atoms with E-state index in [1.165, 1.54) is 0 Å². The molecule has 9 nitrogen and oxygen atoms in total. The molecule has 176 valence electrons. The Morgan fingerprint density at radius 2 is 1.67 bits per heavy atom. The van der Waals surface area contributed by atoms with Crippen molar-refractivity contribution in [3.8, 4) is 0 Å². The number of alkyl halides is 2. The van der Waals surface area contributed by atoms with Crippen LogP contribution in [0, 0.1) is 46.1 Å². The molecule has 1 N–H and O–H groups in total. The summed E-state index contributed by atoms with van der Waals surface area (Å²) in [7, 11) is 0. The first-order valence-corrected chi connectivity index (χ1v) is 8.75. The summed E-state index contributed by atoms with van der Waals surface area (Å²) in [5, 5.41) is 20.2. The van der Waals surface area contributed by atoms with Gasteiger partial charge in [-0.1, -0.05) is 0 Å². The molecule has 1 amide bonds. The van der Waals surface area contributed by atoms with Crippen molar-refractivity contribution in [3.63, 3.8) is 0 Å². The molecule has 0 aliphatic carbocycles. The average molecular weight is 480 g/mol. The Balaban J connectivity index is 1.76. The fraction of sp³-hybridized carbons (Fsp3) is 0.235. The molecule has 1 aromatic carbocycles. The van der Waals surface area contributed by atoms with Gasteiger partial charge in [0.15, 0.2) is 29.1 Å². The van der Waals surface area contributed by atoms with Crippen LogP contribution in [0.15, 0.2) is 12.3 Å². The number of nitrogens with zero attached hydrogens (tertiary/aromatic N) is 5. The van der Waals surface area contributed by atoms with Crippen molar-refractivity contribution in [2.75, 3.05) is 5.32 Å². The Labute approximate surface area is 178 Å². The van der Waals surface area contributed by atoms with Crippen LogP contribution in [-0.2, 0) is 17.9 Å². The number of anilines is 1. The second-order valence-corrected chi connectivity index (χ2v) is 6.53. The fourth-order valence-corrected chi connectivity index (χ4v) is 2.87. The number of hydrogen-bond donors (Lipinski definition) is 1. The van der Waals surface area contributed by atoms with Crippen molar-refractivity contribution in [1.29, 1.82) is 0 Å². The van der Waals surface area contributed by atoms with E-state index in [4.69, 9.17) is 0 Å². The molecule has 3 rings (SSSR count). The van der Waals surface area contributed by atoms with Gasteiger partial charge in [0.05, 0.1) is 17.0 Å². The quantitative estimate of drug-likeness (QED) is 0.183. The third-order valence-electron chi connectivity index (χ3n) is 4.41. The monoisotopic (exact) mass is 480 g/mol. The summed E-state index contributed by atoms with van der Waals surface area (Å²) in [5.41, 5.74) is -3.52. The Morgan fingerprint density at radius 1 is 1.09 bits per heavy atom. The van der Waals surface area contributed by atoms with Crippen molar-refractivity contribution in [2.45, 2.75) is 26.4 Å². The van der Waals surface area contributed by atoms with Crippen LogP contribution in [0.4, 0.5) is 42.2 Å². The van der Waals surface area contributed by atoms with Crippen LogP contribution in [0.1, 0.15) is 23.4 Å². The number of carbonyl (C=O) groups excluding carboxylic acids is 1. The molecule has 0 fully saturated rings. The van der Waals surface area contributed by atoms with E-state index in [2.05, 4.69) is 15.5 Å². The third kappa shape index (κ3) is 4.49. The van der Waals surface area contributed by atoms with Gasteiger partial charge in [0.1, 0.15) is 12.2 Å². The Hall–Kier alpha value is -3.98. The largest absolute Gasteiger partial charge is 0.319 e. The van der Waals surface area contributed by atoms with Crippen molar-refractivity contribution < 1.29 is 40.5 Å². The highest BCUT2D eigenvalue weighted by atomic mass is 19.3. The summed E-state index contributed by atoms with van der Waals surface area (Å²) < 4.78 is 94.7. The first-order chi connectivity index (χ1) is 15.4. The van der Waals surface area contributed by atoms with Crippen LogP contribution < -0.4 is 5.32 Å². The maximum absolute atomic E-state index is 13.8. The summed E-state index contributed by atoms with van der Waals surface area (Å²) in [6.07, 6.45) is -2.20. The molecule has 2 aromatic heterocycles. The molecule has 0 aliphatic heterocycles. The number of rotatable bonds is 7. The van der Waals surface area contributed by atoms with Gasteiger partial charge in [0.2, 0.25) is 17.4 Å². The predicted molar refractivity (Wildman–Crippen MR) is 94.8 cm³/mol. The molecular formula is C17H11F7N6O3. The summed E-state index contributed by atoms with van der Waals surface area (Å²) in [5.74, 6) is -11.8. The smallest absolute Gasteiger partial charge is 0.308 e. The van der Waals surface area contributed by atoms with E-state index in [0.717, 1.165) is 23.9 Å². The van der Waals surface area contributed by atoms with Crippen LogP contribution >= 0.6 is 0 Å². The Morgan fingerprint density at radius 3 is 2.18 bits per heavy atom. The van der Waals surface area contributed by atoms with Gasteiger partial charge in [0, 0.05) is 12.3 Å². The lowest BCUT2D eigenvalue weighted by Gasteiger charge is -2.08. The molecular weight excluding hydrogens is 469 g/mol. The van der Waals surface area contributed by atoms with Crippen LogP contribution in [0.25, 0.3) is 0 Å². The van der Waals surface area contributed by atoms with E-state index < -0.39 is 76.4 Å². The van der Waals surface area contributed by atoms with Gasteiger partial charge < -0.3 is 5.32 Å². The van der Waals surface area contributed by atoms with Crippen LogP contribution in [-0.4, -0.2) is 30.4 Å². The third-order valence-corrected chi connectivity index (χ3v) is 4.41. The van der Waals surface area contributed by atoms with Gasteiger partial charge in [-0.2, -0.15) is 10.2 Å². The molecule has 33 heavy (non-hydrogen) atoms. The lowest BCUT2D eigenvalue weighted by atomic mass is 10.1. The highest BCUT2D eigenvalue weighted by Crippen LogP contribution is 2.30. The van der Waals surface area contributed by atoms with E-state index in [0.29, 0.717) is 4.68 Å². The highest BCUT2D eigenvalue weighted by Gasteiger charge is 2.31.